The molecule has 0 aromatic rings. The Morgan fingerprint density at radius 1 is 1.42 bits per heavy atom. The van der Waals surface area contributed by atoms with Gasteiger partial charge in [0.2, 0.25) is 0 Å². The summed E-state index contributed by atoms with van der Waals surface area (Å²) in [5, 5.41) is 12.7. The molecule has 3 aliphatic rings. The van der Waals surface area contributed by atoms with Crippen LogP contribution in [0.1, 0.15) is 39.0 Å². The summed E-state index contributed by atoms with van der Waals surface area (Å²) in [5.74, 6) is 2.23. The minimum Gasteiger partial charge on any atom is -0.498 e. The zero-order valence-corrected chi connectivity index (χ0v) is 11.5. The standard InChI is InChI=1S/C15H23NO3/c1-9-12(3-2-6-19-9)15(18)16-14-11-5-4-10(7-11)13(14)8-17/h10-11,13-14,17H,2-8H2,1H3,(H,16,18). The smallest absolute Gasteiger partial charge is 0.250 e. The van der Waals surface area contributed by atoms with Crippen molar-refractivity contribution >= 4 is 5.91 Å². The van der Waals surface area contributed by atoms with Crippen molar-refractivity contribution < 1.29 is 14.6 Å². The summed E-state index contributed by atoms with van der Waals surface area (Å²) in [6.45, 7) is 2.79. The number of carbonyl (C=O) groups is 1. The minimum atomic E-state index is 0.0215. The quantitative estimate of drug-likeness (QED) is 0.815. The summed E-state index contributed by atoms with van der Waals surface area (Å²) in [4.78, 5) is 12.4. The van der Waals surface area contributed by atoms with Gasteiger partial charge in [-0.1, -0.05) is 0 Å². The zero-order valence-electron chi connectivity index (χ0n) is 11.5. The molecule has 2 bridgehead atoms. The summed E-state index contributed by atoms with van der Waals surface area (Å²) in [7, 11) is 0. The fraction of sp³-hybridized carbons (Fsp3) is 0.800. The van der Waals surface area contributed by atoms with E-state index < -0.39 is 0 Å². The highest BCUT2D eigenvalue weighted by Gasteiger charge is 2.47. The van der Waals surface area contributed by atoms with Gasteiger partial charge in [-0.05, 0) is 50.9 Å². The number of aliphatic hydroxyl groups excluding tert-OH is 1. The molecule has 19 heavy (non-hydrogen) atoms. The number of carbonyl (C=O) groups excluding carboxylic acids is 1. The molecule has 106 valence electrons. The Kier molecular flexibility index (Phi) is 3.52. The number of allylic oxidation sites excluding steroid dienone is 1. The van der Waals surface area contributed by atoms with Crippen molar-refractivity contribution in [3.63, 3.8) is 0 Å². The Balaban J connectivity index is 1.69. The van der Waals surface area contributed by atoms with Crippen LogP contribution in [-0.2, 0) is 9.53 Å². The van der Waals surface area contributed by atoms with Crippen LogP contribution >= 0.6 is 0 Å². The van der Waals surface area contributed by atoms with Crippen molar-refractivity contribution in [2.24, 2.45) is 17.8 Å². The highest BCUT2D eigenvalue weighted by atomic mass is 16.5. The van der Waals surface area contributed by atoms with E-state index in [0.717, 1.165) is 30.8 Å². The molecule has 2 fully saturated rings. The molecule has 2 N–H and O–H groups in total. The van der Waals surface area contributed by atoms with E-state index in [9.17, 15) is 9.90 Å². The van der Waals surface area contributed by atoms with Crippen molar-refractivity contribution in [2.45, 2.75) is 45.1 Å². The third-order valence-corrected chi connectivity index (χ3v) is 5.19. The molecule has 0 radical (unpaired) electrons. The predicted molar refractivity (Wildman–Crippen MR) is 71.2 cm³/mol. The van der Waals surface area contributed by atoms with E-state index in [1.165, 1.54) is 19.3 Å². The minimum absolute atomic E-state index is 0.0215. The van der Waals surface area contributed by atoms with Gasteiger partial charge in [0.1, 0.15) is 5.76 Å². The first-order valence-corrected chi connectivity index (χ1v) is 7.45. The second-order valence-electron chi connectivity index (χ2n) is 6.17. The molecule has 0 spiro atoms. The normalized spacial score (nSPS) is 37.4. The van der Waals surface area contributed by atoms with Gasteiger partial charge in [-0.3, -0.25) is 4.79 Å². The Labute approximate surface area is 114 Å². The van der Waals surface area contributed by atoms with E-state index >= 15 is 0 Å². The number of aliphatic hydroxyl groups is 1. The lowest BCUT2D eigenvalue weighted by Gasteiger charge is -2.31. The van der Waals surface area contributed by atoms with Gasteiger partial charge in [0.15, 0.2) is 0 Å². The van der Waals surface area contributed by atoms with Gasteiger partial charge < -0.3 is 15.2 Å². The van der Waals surface area contributed by atoms with E-state index in [4.69, 9.17) is 4.74 Å². The van der Waals surface area contributed by atoms with Crippen molar-refractivity contribution in [1.29, 1.82) is 0 Å². The van der Waals surface area contributed by atoms with E-state index in [-0.39, 0.29) is 24.5 Å². The van der Waals surface area contributed by atoms with Gasteiger partial charge >= 0.3 is 0 Å². The molecule has 1 aliphatic heterocycles. The molecular formula is C15H23NO3. The largest absolute Gasteiger partial charge is 0.498 e. The molecule has 0 saturated heterocycles. The summed E-state index contributed by atoms with van der Waals surface area (Å²) in [5.41, 5.74) is 0.797. The molecule has 0 aromatic carbocycles. The third-order valence-electron chi connectivity index (χ3n) is 5.19. The van der Waals surface area contributed by atoms with E-state index in [1.54, 1.807) is 0 Å². The lowest BCUT2D eigenvalue weighted by Crippen LogP contribution is -2.46. The van der Waals surface area contributed by atoms with Crippen LogP contribution in [0, 0.1) is 17.8 Å². The average Bonchev–Trinajstić information content (AvgIpc) is 3.00. The van der Waals surface area contributed by atoms with Crippen LogP contribution in [0.3, 0.4) is 0 Å². The summed E-state index contributed by atoms with van der Waals surface area (Å²) < 4.78 is 5.46. The number of nitrogens with one attached hydrogen (secondary N) is 1. The number of amides is 1. The second kappa shape index (κ2) is 5.16. The molecule has 4 heteroatoms. The third kappa shape index (κ3) is 2.27. The fourth-order valence-electron chi connectivity index (χ4n) is 4.15. The number of hydrogen-bond acceptors (Lipinski definition) is 3. The van der Waals surface area contributed by atoms with Crippen molar-refractivity contribution in [3.05, 3.63) is 11.3 Å². The van der Waals surface area contributed by atoms with Gasteiger partial charge in [-0.2, -0.15) is 0 Å². The molecule has 4 unspecified atom stereocenters. The van der Waals surface area contributed by atoms with Crippen LogP contribution in [0.4, 0.5) is 0 Å². The molecule has 2 saturated carbocycles. The SMILES string of the molecule is CC1=C(C(=O)NC2C3CCC(C3)C2CO)CCCO1. The van der Waals surface area contributed by atoms with Gasteiger partial charge in [-0.15, -0.1) is 0 Å². The molecule has 4 atom stereocenters. The molecular weight excluding hydrogens is 242 g/mol. The van der Waals surface area contributed by atoms with Crippen molar-refractivity contribution in [1.82, 2.24) is 5.32 Å². The van der Waals surface area contributed by atoms with Crippen LogP contribution in [0.15, 0.2) is 11.3 Å². The molecule has 1 amide bonds. The average molecular weight is 265 g/mol. The van der Waals surface area contributed by atoms with E-state index in [1.807, 2.05) is 6.92 Å². The van der Waals surface area contributed by atoms with E-state index in [0.29, 0.717) is 11.8 Å². The van der Waals surface area contributed by atoms with Crippen LogP contribution < -0.4 is 5.32 Å². The number of fused-ring (bicyclic) bond motifs is 2. The topological polar surface area (TPSA) is 58.6 Å². The Hall–Kier alpha value is -1.03. The van der Waals surface area contributed by atoms with Crippen LogP contribution in [0.25, 0.3) is 0 Å². The first kappa shape index (κ1) is 13.0. The Bertz CT molecular complexity index is 404. The second-order valence-corrected chi connectivity index (χ2v) is 6.17. The van der Waals surface area contributed by atoms with Crippen molar-refractivity contribution in [3.8, 4) is 0 Å². The number of rotatable bonds is 3. The van der Waals surface area contributed by atoms with E-state index in [2.05, 4.69) is 5.32 Å². The Morgan fingerprint density at radius 2 is 2.21 bits per heavy atom. The summed E-state index contributed by atoms with van der Waals surface area (Å²) in [6, 6.07) is 0.165. The van der Waals surface area contributed by atoms with Gasteiger partial charge in [0, 0.05) is 18.6 Å². The van der Waals surface area contributed by atoms with Gasteiger partial charge in [0.25, 0.3) is 5.91 Å². The highest BCUT2D eigenvalue weighted by Crippen LogP contribution is 2.48. The predicted octanol–water partition coefficient (Wildman–Crippen LogP) is 1.59. The highest BCUT2D eigenvalue weighted by molar-refractivity contribution is 5.94. The summed E-state index contributed by atoms with van der Waals surface area (Å²) in [6.07, 6.45) is 5.31. The maximum atomic E-state index is 12.4. The first-order valence-electron chi connectivity index (χ1n) is 7.45. The maximum absolute atomic E-state index is 12.4. The fourth-order valence-corrected chi connectivity index (χ4v) is 4.15. The molecule has 2 aliphatic carbocycles. The number of ether oxygens (including phenoxy) is 1. The molecule has 3 rings (SSSR count). The molecule has 0 aromatic heterocycles. The molecule has 4 nitrogen and oxygen atoms in total. The van der Waals surface area contributed by atoms with Crippen LogP contribution in [-0.4, -0.2) is 30.3 Å². The lowest BCUT2D eigenvalue weighted by atomic mass is 9.84. The number of hydrogen-bond donors (Lipinski definition) is 2. The monoisotopic (exact) mass is 265 g/mol. The molecule has 1 heterocycles. The summed E-state index contributed by atoms with van der Waals surface area (Å²) >= 11 is 0. The van der Waals surface area contributed by atoms with Gasteiger partial charge in [0.05, 0.1) is 12.2 Å². The first-order chi connectivity index (χ1) is 9.20. The lowest BCUT2D eigenvalue weighted by molar-refractivity contribution is -0.119. The maximum Gasteiger partial charge on any atom is 0.250 e. The van der Waals surface area contributed by atoms with Crippen LogP contribution in [0.5, 0.6) is 0 Å². The zero-order chi connectivity index (χ0) is 13.4. The van der Waals surface area contributed by atoms with Gasteiger partial charge in [-0.25, -0.2) is 0 Å². The van der Waals surface area contributed by atoms with Crippen molar-refractivity contribution in [2.75, 3.05) is 13.2 Å². The Morgan fingerprint density at radius 3 is 2.95 bits per heavy atom. The van der Waals surface area contributed by atoms with Crippen LogP contribution in [0.2, 0.25) is 0 Å².